The summed E-state index contributed by atoms with van der Waals surface area (Å²) in [4.78, 5) is 1.26. The van der Waals surface area contributed by atoms with E-state index >= 15 is 0 Å². The lowest BCUT2D eigenvalue weighted by atomic mass is 10.2. The number of nitrogens with one attached hydrogen (secondary N) is 2. The van der Waals surface area contributed by atoms with Crippen LogP contribution in [0.3, 0.4) is 0 Å². The van der Waals surface area contributed by atoms with E-state index < -0.39 is 0 Å². The Morgan fingerprint density at radius 1 is 1.19 bits per heavy atom. The van der Waals surface area contributed by atoms with Gasteiger partial charge in [0.05, 0.1) is 10.7 Å². The maximum absolute atomic E-state index is 6.17. The van der Waals surface area contributed by atoms with E-state index in [1.165, 1.54) is 10.5 Å². The molecular weight excluding hydrogens is 320 g/mol. The molecule has 5 heteroatoms. The van der Waals surface area contributed by atoms with Crippen LogP contribution in [0.5, 0.6) is 0 Å². The summed E-state index contributed by atoms with van der Waals surface area (Å²) in [5.74, 6) is 0. The average molecular weight is 337 g/mol. The maximum Gasteiger partial charge on any atom is 0.171 e. The third kappa shape index (κ3) is 4.92. The SMILES string of the molecule is CSc1ccc(CNC(=S)Nc2ccc(C)cc2Cl)cc1. The van der Waals surface area contributed by atoms with Crippen molar-refractivity contribution in [3.05, 3.63) is 58.6 Å². The Labute approximate surface area is 140 Å². The molecule has 21 heavy (non-hydrogen) atoms. The van der Waals surface area contributed by atoms with Crippen LogP contribution in [0.2, 0.25) is 5.02 Å². The number of halogens is 1. The van der Waals surface area contributed by atoms with E-state index in [-0.39, 0.29) is 0 Å². The standard InChI is InChI=1S/C16H17ClN2S2/c1-11-3-8-15(14(17)9-11)19-16(20)18-10-12-4-6-13(21-2)7-5-12/h3-9H,10H2,1-2H3,(H2,18,19,20). The molecule has 2 N–H and O–H groups in total. The number of aryl methyl sites for hydroxylation is 1. The van der Waals surface area contributed by atoms with Gasteiger partial charge in [-0.2, -0.15) is 0 Å². The van der Waals surface area contributed by atoms with Crippen LogP contribution in [0.15, 0.2) is 47.4 Å². The highest BCUT2D eigenvalue weighted by atomic mass is 35.5. The highest BCUT2D eigenvalue weighted by Crippen LogP contribution is 2.22. The van der Waals surface area contributed by atoms with Gasteiger partial charge < -0.3 is 10.6 Å². The molecule has 0 aliphatic carbocycles. The molecule has 2 nitrogen and oxygen atoms in total. The van der Waals surface area contributed by atoms with Crippen LogP contribution in [0.4, 0.5) is 5.69 Å². The molecule has 0 heterocycles. The number of hydrogen-bond donors (Lipinski definition) is 2. The van der Waals surface area contributed by atoms with E-state index in [1.54, 1.807) is 11.8 Å². The van der Waals surface area contributed by atoms with Crippen molar-refractivity contribution in [2.45, 2.75) is 18.4 Å². The van der Waals surface area contributed by atoms with Crippen LogP contribution in [-0.2, 0) is 6.54 Å². The monoisotopic (exact) mass is 336 g/mol. The highest BCUT2D eigenvalue weighted by Gasteiger charge is 2.03. The molecule has 0 spiro atoms. The van der Waals surface area contributed by atoms with E-state index in [1.807, 2.05) is 25.1 Å². The summed E-state index contributed by atoms with van der Waals surface area (Å²) in [6.45, 7) is 2.69. The van der Waals surface area contributed by atoms with Crippen molar-refractivity contribution in [2.75, 3.05) is 11.6 Å². The second kappa shape index (κ2) is 7.69. The van der Waals surface area contributed by atoms with Crippen LogP contribution in [0.25, 0.3) is 0 Å². The molecule has 0 fully saturated rings. The zero-order chi connectivity index (χ0) is 15.2. The fraction of sp³-hybridized carbons (Fsp3) is 0.188. The van der Waals surface area contributed by atoms with Gasteiger partial charge in [-0.15, -0.1) is 11.8 Å². The summed E-state index contributed by atoms with van der Waals surface area (Å²) < 4.78 is 0. The van der Waals surface area contributed by atoms with Gasteiger partial charge in [-0.1, -0.05) is 29.8 Å². The summed E-state index contributed by atoms with van der Waals surface area (Å²) in [7, 11) is 0. The molecule has 2 rings (SSSR count). The highest BCUT2D eigenvalue weighted by molar-refractivity contribution is 7.98. The number of thiocarbonyl (C=S) groups is 1. The van der Waals surface area contributed by atoms with Crippen molar-refractivity contribution in [3.63, 3.8) is 0 Å². The first kappa shape index (κ1) is 16.1. The van der Waals surface area contributed by atoms with Crippen LogP contribution < -0.4 is 10.6 Å². The zero-order valence-electron chi connectivity index (χ0n) is 11.9. The average Bonchev–Trinajstić information content (AvgIpc) is 2.48. The van der Waals surface area contributed by atoms with Gasteiger partial charge >= 0.3 is 0 Å². The minimum Gasteiger partial charge on any atom is -0.358 e. The third-order valence-corrected chi connectivity index (χ3v) is 4.29. The predicted octanol–water partition coefficient (Wildman–Crippen LogP) is 4.86. The second-order valence-corrected chi connectivity index (χ2v) is 6.33. The van der Waals surface area contributed by atoms with Gasteiger partial charge in [-0.05, 0) is 60.8 Å². The van der Waals surface area contributed by atoms with Crippen molar-refractivity contribution in [1.82, 2.24) is 5.32 Å². The summed E-state index contributed by atoms with van der Waals surface area (Å²) in [6, 6.07) is 14.2. The van der Waals surface area contributed by atoms with Crippen molar-refractivity contribution < 1.29 is 0 Å². The molecule has 2 aromatic rings. The van der Waals surface area contributed by atoms with Crippen molar-refractivity contribution >= 4 is 46.4 Å². The van der Waals surface area contributed by atoms with Gasteiger partial charge in [0.25, 0.3) is 0 Å². The molecule has 110 valence electrons. The molecule has 0 aliphatic rings. The molecule has 0 saturated heterocycles. The van der Waals surface area contributed by atoms with E-state index in [2.05, 4.69) is 41.2 Å². The van der Waals surface area contributed by atoms with E-state index in [9.17, 15) is 0 Å². The van der Waals surface area contributed by atoms with Gasteiger partial charge in [0, 0.05) is 11.4 Å². The van der Waals surface area contributed by atoms with Crippen LogP contribution in [0, 0.1) is 6.92 Å². The molecule has 0 aliphatic heterocycles. The summed E-state index contributed by atoms with van der Waals surface area (Å²) in [5.41, 5.74) is 3.13. The molecule has 0 radical (unpaired) electrons. The van der Waals surface area contributed by atoms with Gasteiger partial charge in [0.15, 0.2) is 5.11 Å². The molecule has 2 aromatic carbocycles. The Balaban J connectivity index is 1.89. The van der Waals surface area contributed by atoms with Crippen LogP contribution in [-0.4, -0.2) is 11.4 Å². The number of thioether (sulfide) groups is 1. The fourth-order valence-electron chi connectivity index (χ4n) is 1.81. The molecule has 0 aromatic heterocycles. The Hall–Kier alpha value is -1.23. The van der Waals surface area contributed by atoms with E-state index in [0.29, 0.717) is 16.7 Å². The topological polar surface area (TPSA) is 24.1 Å². The largest absolute Gasteiger partial charge is 0.358 e. The molecule has 0 unspecified atom stereocenters. The van der Waals surface area contributed by atoms with Gasteiger partial charge in [0.1, 0.15) is 0 Å². The first-order valence-electron chi connectivity index (χ1n) is 6.52. The Morgan fingerprint density at radius 2 is 1.90 bits per heavy atom. The summed E-state index contributed by atoms with van der Waals surface area (Å²) in [6.07, 6.45) is 2.07. The number of rotatable bonds is 4. The van der Waals surface area contributed by atoms with Gasteiger partial charge in [-0.25, -0.2) is 0 Å². The normalized spacial score (nSPS) is 10.2. The number of hydrogen-bond acceptors (Lipinski definition) is 2. The predicted molar refractivity (Wildman–Crippen MR) is 97.5 cm³/mol. The minimum atomic E-state index is 0.565. The molecule has 0 bridgehead atoms. The maximum atomic E-state index is 6.17. The first-order chi connectivity index (χ1) is 10.1. The quantitative estimate of drug-likeness (QED) is 0.615. The Kier molecular flexibility index (Phi) is 5.91. The van der Waals surface area contributed by atoms with Gasteiger partial charge in [0.2, 0.25) is 0 Å². The number of benzene rings is 2. The van der Waals surface area contributed by atoms with Crippen LogP contribution >= 0.6 is 35.6 Å². The first-order valence-corrected chi connectivity index (χ1v) is 8.53. The van der Waals surface area contributed by atoms with Gasteiger partial charge in [-0.3, -0.25) is 0 Å². The number of anilines is 1. The molecule has 0 atom stereocenters. The summed E-state index contributed by atoms with van der Waals surface area (Å²) in [5, 5.41) is 7.53. The Morgan fingerprint density at radius 3 is 2.52 bits per heavy atom. The lowest BCUT2D eigenvalue weighted by molar-refractivity contribution is 0.924. The van der Waals surface area contributed by atoms with Crippen molar-refractivity contribution in [3.8, 4) is 0 Å². The minimum absolute atomic E-state index is 0.565. The zero-order valence-corrected chi connectivity index (χ0v) is 14.3. The smallest absolute Gasteiger partial charge is 0.171 e. The lowest BCUT2D eigenvalue weighted by Gasteiger charge is -2.12. The Bertz CT molecular complexity index is 627. The molecular formula is C16H17ClN2S2. The van der Waals surface area contributed by atoms with E-state index in [4.69, 9.17) is 23.8 Å². The summed E-state index contributed by atoms with van der Waals surface area (Å²) >= 11 is 13.2. The lowest BCUT2D eigenvalue weighted by Crippen LogP contribution is -2.27. The molecule has 0 amide bonds. The fourth-order valence-corrected chi connectivity index (χ4v) is 2.69. The van der Waals surface area contributed by atoms with E-state index in [0.717, 1.165) is 11.3 Å². The van der Waals surface area contributed by atoms with Crippen molar-refractivity contribution in [2.24, 2.45) is 0 Å². The van der Waals surface area contributed by atoms with Crippen molar-refractivity contribution in [1.29, 1.82) is 0 Å². The second-order valence-electron chi connectivity index (χ2n) is 4.64. The van der Waals surface area contributed by atoms with Crippen LogP contribution in [0.1, 0.15) is 11.1 Å². The molecule has 0 saturated carbocycles. The third-order valence-electron chi connectivity index (χ3n) is 2.98.